The second-order valence-corrected chi connectivity index (χ2v) is 7.91. The van der Waals surface area contributed by atoms with Gasteiger partial charge >= 0.3 is 0 Å². The second-order valence-electron chi connectivity index (χ2n) is 7.91. The van der Waals surface area contributed by atoms with Crippen molar-refractivity contribution in [1.29, 1.82) is 0 Å². The molecule has 0 aliphatic carbocycles. The topological polar surface area (TPSA) is 54.9 Å². The van der Waals surface area contributed by atoms with E-state index in [0.29, 0.717) is 38.1 Å². The van der Waals surface area contributed by atoms with Crippen molar-refractivity contribution >= 4 is 5.91 Å². The first-order chi connectivity index (χ1) is 14.2. The maximum Gasteiger partial charge on any atom is 0.254 e. The molecule has 1 aromatic carbocycles. The number of hydrogen-bond acceptors (Lipinski definition) is 5. The van der Waals surface area contributed by atoms with E-state index in [9.17, 15) is 4.79 Å². The number of rotatable bonds is 6. The van der Waals surface area contributed by atoms with Crippen LogP contribution in [0, 0.1) is 5.92 Å². The summed E-state index contributed by atoms with van der Waals surface area (Å²) in [6, 6.07) is 12.2. The zero-order valence-electron chi connectivity index (χ0n) is 17.0. The van der Waals surface area contributed by atoms with Gasteiger partial charge in [0.05, 0.1) is 20.3 Å². The molecule has 6 nitrogen and oxygen atoms in total. The summed E-state index contributed by atoms with van der Waals surface area (Å²) in [6.07, 6.45) is 4.10. The number of likely N-dealkylation sites (tertiary alicyclic amines) is 1. The molecule has 154 valence electrons. The molecule has 4 rings (SSSR count). The largest absolute Gasteiger partial charge is 0.481 e. The average molecular weight is 396 g/mol. The minimum absolute atomic E-state index is 0.121. The van der Waals surface area contributed by atoms with Crippen molar-refractivity contribution in [2.75, 3.05) is 46.5 Å². The second kappa shape index (κ2) is 9.37. The Balaban J connectivity index is 1.32. The number of methoxy groups -OCH3 is 1. The molecule has 0 N–H and O–H groups in total. The van der Waals surface area contributed by atoms with E-state index in [1.54, 1.807) is 7.11 Å². The lowest BCUT2D eigenvalue weighted by Crippen LogP contribution is -2.40. The van der Waals surface area contributed by atoms with Crippen molar-refractivity contribution in [3.05, 3.63) is 59.3 Å². The SMILES string of the molecule is COc1ccc(CN2CCC(Cc3cccc(C(=O)N4CCOCC4)c3)C2)cn1. The van der Waals surface area contributed by atoms with Crippen molar-refractivity contribution in [2.24, 2.45) is 5.92 Å². The van der Waals surface area contributed by atoms with Crippen LogP contribution >= 0.6 is 0 Å². The van der Waals surface area contributed by atoms with Crippen LogP contribution in [0.1, 0.15) is 27.9 Å². The molecule has 1 amide bonds. The highest BCUT2D eigenvalue weighted by molar-refractivity contribution is 5.94. The predicted octanol–water partition coefficient (Wildman–Crippen LogP) is 2.63. The number of carbonyl (C=O) groups is 1. The van der Waals surface area contributed by atoms with E-state index in [4.69, 9.17) is 9.47 Å². The smallest absolute Gasteiger partial charge is 0.254 e. The summed E-state index contributed by atoms with van der Waals surface area (Å²) >= 11 is 0. The summed E-state index contributed by atoms with van der Waals surface area (Å²) in [4.78, 5) is 21.4. The maximum absolute atomic E-state index is 12.7. The summed E-state index contributed by atoms with van der Waals surface area (Å²) in [7, 11) is 1.64. The van der Waals surface area contributed by atoms with Crippen molar-refractivity contribution in [2.45, 2.75) is 19.4 Å². The standard InChI is InChI=1S/C23H29N3O3/c1-28-22-6-5-20(15-24-22)17-25-8-7-19(16-25)13-18-3-2-4-21(14-18)23(27)26-9-11-29-12-10-26/h2-6,14-15,19H,7-13,16-17H2,1H3. The maximum atomic E-state index is 12.7. The number of pyridine rings is 1. The summed E-state index contributed by atoms with van der Waals surface area (Å²) in [5, 5.41) is 0. The first-order valence-corrected chi connectivity index (χ1v) is 10.4. The molecule has 1 unspecified atom stereocenters. The first kappa shape index (κ1) is 19.9. The van der Waals surface area contributed by atoms with Crippen molar-refractivity contribution in [3.63, 3.8) is 0 Å². The molecule has 0 radical (unpaired) electrons. The Hall–Kier alpha value is -2.44. The van der Waals surface area contributed by atoms with Gasteiger partial charge in [0.25, 0.3) is 5.91 Å². The van der Waals surface area contributed by atoms with E-state index in [1.165, 1.54) is 17.5 Å². The van der Waals surface area contributed by atoms with E-state index in [0.717, 1.165) is 31.6 Å². The molecule has 0 saturated carbocycles. The quantitative estimate of drug-likeness (QED) is 0.753. The number of amides is 1. The Morgan fingerprint density at radius 2 is 2.03 bits per heavy atom. The monoisotopic (exact) mass is 395 g/mol. The van der Waals surface area contributed by atoms with Crippen LogP contribution in [0.3, 0.4) is 0 Å². The average Bonchev–Trinajstić information content (AvgIpc) is 3.21. The number of carbonyl (C=O) groups excluding carboxylic acids is 1. The molecule has 3 heterocycles. The molecular formula is C23H29N3O3. The normalized spacial score (nSPS) is 20.0. The minimum Gasteiger partial charge on any atom is -0.481 e. The molecule has 2 saturated heterocycles. The lowest BCUT2D eigenvalue weighted by molar-refractivity contribution is 0.0303. The van der Waals surface area contributed by atoms with Gasteiger partial charge in [-0.05, 0) is 48.6 Å². The van der Waals surface area contributed by atoms with Crippen molar-refractivity contribution in [3.8, 4) is 5.88 Å². The van der Waals surface area contributed by atoms with Gasteiger partial charge in [-0.15, -0.1) is 0 Å². The predicted molar refractivity (Wildman–Crippen MR) is 111 cm³/mol. The molecule has 29 heavy (non-hydrogen) atoms. The van der Waals surface area contributed by atoms with Gasteiger partial charge in [0.2, 0.25) is 5.88 Å². The third-order valence-corrected chi connectivity index (χ3v) is 5.78. The van der Waals surface area contributed by atoms with E-state index in [-0.39, 0.29) is 5.91 Å². The van der Waals surface area contributed by atoms with Gasteiger partial charge in [0, 0.05) is 44.0 Å². The number of aromatic nitrogens is 1. The van der Waals surface area contributed by atoms with Gasteiger partial charge in [-0.3, -0.25) is 9.69 Å². The zero-order chi connectivity index (χ0) is 20.1. The fraction of sp³-hybridized carbons (Fsp3) is 0.478. The van der Waals surface area contributed by atoms with E-state index in [1.807, 2.05) is 29.3 Å². The highest BCUT2D eigenvalue weighted by atomic mass is 16.5. The van der Waals surface area contributed by atoms with Crippen LogP contribution < -0.4 is 4.74 Å². The van der Waals surface area contributed by atoms with Gasteiger partial charge < -0.3 is 14.4 Å². The molecule has 1 atom stereocenters. The Morgan fingerprint density at radius 3 is 2.79 bits per heavy atom. The van der Waals surface area contributed by atoms with Gasteiger partial charge in [-0.2, -0.15) is 0 Å². The van der Waals surface area contributed by atoms with Gasteiger partial charge in [-0.25, -0.2) is 4.98 Å². The molecule has 2 fully saturated rings. The molecule has 2 aliphatic heterocycles. The molecule has 6 heteroatoms. The third kappa shape index (κ3) is 5.14. The Morgan fingerprint density at radius 1 is 1.17 bits per heavy atom. The summed E-state index contributed by atoms with van der Waals surface area (Å²) in [5.41, 5.74) is 3.26. The molecule has 0 spiro atoms. The molecule has 0 bridgehead atoms. The minimum atomic E-state index is 0.121. The van der Waals surface area contributed by atoms with E-state index in [2.05, 4.69) is 28.1 Å². The van der Waals surface area contributed by atoms with Crippen LogP contribution in [-0.2, 0) is 17.7 Å². The lowest BCUT2D eigenvalue weighted by Gasteiger charge is -2.27. The van der Waals surface area contributed by atoms with Crippen molar-refractivity contribution in [1.82, 2.24) is 14.8 Å². The fourth-order valence-corrected chi connectivity index (χ4v) is 4.22. The Bertz CT molecular complexity index is 818. The first-order valence-electron chi connectivity index (χ1n) is 10.4. The molecule has 2 aromatic rings. The highest BCUT2D eigenvalue weighted by Gasteiger charge is 2.24. The van der Waals surface area contributed by atoms with Gasteiger partial charge in [-0.1, -0.05) is 18.2 Å². The molecule has 1 aromatic heterocycles. The summed E-state index contributed by atoms with van der Waals surface area (Å²) in [5.74, 6) is 1.39. The van der Waals surface area contributed by atoms with Crippen LogP contribution in [0.5, 0.6) is 5.88 Å². The highest BCUT2D eigenvalue weighted by Crippen LogP contribution is 2.23. The zero-order valence-corrected chi connectivity index (χ0v) is 17.0. The Labute approximate surface area is 172 Å². The number of hydrogen-bond donors (Lipinski definition) is 0. The van der Waals surface area contributed by atoms with Crippen LogP contribution in [0.25, 0.3) is 0 Å². The van der Waals surface area contributed by atoms with E-state index < -0.39 is 0 Å². The third-order valence-electron chi connectivity index (χ3n) is 5.78. The number of benzene rings is 1. The number of morpholine rings is 1. The Kier molecular flexibility index (Phi) is 6.42. The van der Waals surface area contributed by atoms with Crippen LogP contribution in [0.4, 0.5) is 0 Å². The number of nitrogens with zero attached hydrogens (tertiary/aromatic N) is 3. The molecule has 2 aliphatic rings. The lowest BCUT2D eigenvalue weighted by atomic mass is 9.97. The fourth-order valence-electron chi connectivity index (χ4n) is 4.22. The van der Waals surface area contributed by atoms with E-state index >= 15 is 0 Å². The van der Waals surface area contributed by atoms with Gasteiger partial charge in [0.1, 0.15) is 0 Å². The summed E-state index contributed by atoms with van der Waals surface area (Å²) < 4.78 is 10.5. The summed E-state index contributed by atoms with van der Waals surface area (Å²) in [6.45, 7) is 5.72. The number of ether oxygens (including phenoxy) is 2. The van der Waals surface area contributed by atoms with Gasteiger partial charge in [0.15, 0.2) is 0 Å². The molecular weight excluding hydrogens is 366 g/mol. The van der Waals surface area contributed by atoms with Crippen LogP contribution in [0.2, 0.25) is 0 Å². The van der Waals surface area contributed by atoms with Crippen LogP contribution in [-0.4, -0.2) is 67.2 Å². The van der Waals surface area contributed by atoms with Crippen LogP contribution in [0.15, 0.2) is 42.6 Å². The van der Waals surface area contributed by atoms with Crippen molar-refractivity contribution < 1.29 is 14.3 Å².